The maximum atomic E-state index is 12.1. The number of rotatable bonds is 9. The first kappa shape index (κ1) is 21.1. The number of amides is 2. The van der Waals surface area contributed by atoms with Gasteiger partial charge in [-0.05, 0) is 12.1 Å². The van der Waals surface area contributed by atoms with Crippen molar-refractivity contribution in [3.63, 3.8) is 0 Å². The third-order valence-electron chi connectivity index (χ3n) is 3.83. The number of carbonyl (C=O) groups is 5. The minimum Gasteiger partial charge on any atom is -0.462 e. The first-order valence-corrected chi connectivity index (χ1v) is 8.74. The van der Waals surface area contributed by atoms with E-state index >= 15 is 0 Å². The molecule has 0 unspecified atom stereocenters. The molecule has 2 rings (SSSR count). The van der Waals surface area contributed by atoms with Crippen LogP contribution >= 0.6 is 0 Å². The third-order valence-corrected chi connectivity index (χ3v) is 3.83. The number of benzene rings is 1. The number of nitrogens with zero attached hydrogens (tertiary/aromatic N) is 1. The van der Waals surface area contributed by atoms with E-state index in [4.69, 9.17) is 14.2 Å². The molecule has 0 spiro atoms. The summed E-state index contributed by atoms with van der Waals surface area (Å²) in [4.78, 5) is 59.6. The van der Waals surface area contributed by atoms with Crippen LogP contribution in [0.3, 0.4) is 0 Å². The standard InChI is InChI=1S/C19H21NO8/c1-12(2)19(25)27-10-9-26-15(21)7-8-16(22)28-11-20-17(23)13-5-3-4-6-14(13)18(20)24/h3-6,12H,7-11H2,1-2H3. The summed E-state index contributed by atoms with van der Waals surface area (Å²) in [5.41, 5.74) is 0.510. The largest absolute Gasteiger partial charge is 0.462 e. The normalized spacial score (nSPS) is 12.8. The lowest BCUT2D eigenvalue weighted by molar-refractivity contribution is -0.156. The molecular formula is C19H21NO8. The molecule has 28 heavy (non-hydrogen) atoms. The molecule has 2 amide bonds. The number of fused-ring (bicyclic) bond motifs is 1. The van der Waals surface area contributed by atoms with Crippen molar-refractivity contribution in [2.45, 2.75) is 26.7 Å². The summed E-state index contributed by atoms with van der Waals surface area (Å²) in [6.07, 6.45) is -0.507. The van der Waals surface area contributed by atoms with Crippen molar-refractivity contribution in [2.75, 3.05) is 19.9 Å². The van der Waals surface area contributed by atoms with E-state index in [1.54, 1.807) is 26.0 Å². The number of imide groups is 1. The zero-order chi connectivity index (χ0) is 20.7. The molecule has 1 heterocycles. The van der Waals surface area contributed by atoms with E-state index in [0.29, 0.717) is 0 Å². The van der Waals surface area contributed by atoms with Gasteiger partial charge in [0.2, 0.25) is 0 Å². The van der Waals surface area contributed by atoms with Gasteiger partial charge in [0.05, 0.1) is 29.9 Å². The van der Waals surface area contributed by atoms with Gasteiger partial charge in [-0.15, -0.1) is 0 Å². The zero-order valence-electron chi connectivity index (χ0n) is 15.6. The summed E-state index contributed by atoms with van der Waals surface area (Å²) >= 11 is 0. The Labute approximate surface area is 161 Å². The SMILES string of the molecule is CC(C)C(=O)OCCOC(=O)CCC(=O)OCN1C(=O)c2ccccc2C1=O. The second-order valence-corrected chi connectivity index (χ2v) is 6.27. The van der Waals surface area contributed by atoms with E-state index < -0.39 is 36.5 Å². The first-order valence-electron chi connectivity index (χ1n) is 8.74. The van der Waals surface area contributed by atoms with Crippen molar-refractivity contribution in [1.82, 2.24) is 4.90 Å². The molecule has 9 heteroatoms. The molecule has 0 fully saturated rings. The Balaban J connectivity index is 1.65. The average Bonchev–Trinajstić information content (AvgIpc) is 2.92. The fourth-order valence-corrected chi connectivity index (χ4v) is 2.31. The molecule has 0 N–H and O–H groups in total. The van der Waals surface area contributed by atoms with Crippen LogP contribution < -0.4 is 0 Å². The van der Waals surface area contributed by atoms with Gasteiger partial charge in [0.25, 0.3) is 11.8 Å². The van der Waals surface area contributed by atoms with Gasteiger partial charge in [-0.3, -0.25) is 24.0 Å². The summed E-state index contributed by atoms with van der Waals surface area (Å²) in [6.45, 7) is 2.67. The van der Waals surface area contributed by atoms with E-state index in [0.717, 1.165) is 4.90 Å². The maximum Gasteiger partial charge on any atom is 0.308 e. The third kappa shape index (κ3) is 5.38. The molecule has 0 radical (unpaired) electrons. The summed E-state index contributed by atoms with van der Waals surface area (Å²) in [5, 5.41) is 0. The van der Waals surface area contributed by atoms with Gasteiger partial charge in [-0.25, -0.2) is 4.90 Å². The molecular weight excluding hydrogens is 370 g/mol. The van der Waals surface area contributed by atoms with Crippen LogP contribution in [0.15, 0.2) is 24.3 Å². The van der Waals surface area contributed by atoms with Gasteiger partial charge in [-0.1, -0.05) is 26.0 Å². The van der Waals surface area contributed by atoms with Crippen LogP contribution in [-0.4, -0.2) is 54.6 Å². The Morgan fingerprint density at radius 1 is 0.857 bits per heavy atom. The molecule has 9 nitrogen and oxygen atoms in total. The Bertz CT molecular complexity index is 751. The van der Waals surface area contributed by atoms with Crippen LogP contribution in [0.5, 0.6) is 0 Å². The summed E-state index contributed by atoms with van der Waals surface area (Å²) in [6, 6.07) is 6.31. The minimum atomic E-state index is -0.750. The van der Waals surface area contributed by atoms with E-state index in [9.17, 15) is 24.0 Å². The van der Waals surface area contributed by atoms with Crippen LogP contribution in [0.2, 0.25) is 0 Å². The molecule has 0 bridgehead atoms. The van der Waals surface area contributed by atoms with E-state index in [2.05, 4.69) is 0 Å². The number of esters is 3. The van der Waals surface area contributed by atoms with Crippen molar-refractivity contribution in [3.05, 3.63) is 35.4 Å². The topological polar surface area (TPSA) is 116 Å². The van der Waals surface area contributed by atoms with Crippen molar-refractivity contribution >= 4 is 29.7 Å². The Morgan fingerprint density at radius 2 is 1.36 bits per heavy atom. The van der Waals surface area contributed by atoms with Crippen LogP contribution in [-0.2, 0) is 28.6 Å². The number of hydrogen-bond acceptors (Lipinski definition) is 8. The summed E-state index contributed by atoms with van der Waals surface area (Å²) in [5.74, 6) is -3.15. The lowest BCUT2D eigenvalue weighted by Crippen LogP contribution is -2.33. The average molecular weight is 391 g/mol. The second-order valence-electron chi connectivity index (χ2n) is 6.27. The van der Waals surface area contributed by atoms with E-state index in [1.807, 2.05) is 0 Å². The monoisotopic (exact) mass is 391 g/mol. The molecule has 1 aliphatic heterocycles. The number of hydrogen-bond donors (Lipinski definition) is 0. The minimum absolute atomic E-state index is 0.0626. The van der Waals surface area contributed by atoms with E-state index in [1.165, 1.54) is 12.1 Å². The van der Waals surface area contributed by atoms with Crippen molar-refractivity contribution in [3.8, 4) is 0 Å². The van der Waals surface area contributed by atoms with Gasteiger partial charge in [0, 0.05) is 0 Å². The Morgan fingerprint density at radius 3 is 1.89 bits per heavy atom. The van der Waals surface area contributed by atoms with Gasteiger partial charge in [0.1, 0.15) is 13.2 Å². The van der Waals surface area contributed by atoms with Crippen molar-refractivity contribution < 1.29 is 38.2 Å². The lowest BCUT2D eigenvalue weighted by atomic mass is 10.1. The maximum absolute atomic E-state index is 12.1. The Hall–Kier alpha value is -3.23. The molecule has 0 saturated heterocycles. The smallest absolute Gasteiger partial charge is 0.308 e. The van der Waals surface area contributed by atoms with Crippen LogP contribution in [0.1, 0.15) is 47.4 Å². The lowest BCUT2D eigenvalue weighted by Gasteiger charge is -2.13. The molecule has 0 saturated carbocycles. The van der Waals surface area contributed by atoms with Crippen molar-refractivity contribution in [1.29, 1.82) is 0 Å². The quantitative estimate of drug-likeness (QED) is 0.268. The van der Waals surface area contributed by atoms with Gasteiger partial charge in [-0.2, -0.15) is 0 Å². The van der Waals surface area contributed by atoms with Crippen LogP contribution in [0.25, 0.3) is 0 Å². The second kappa shape index (κ2) is 9.63. The highest BCUT2D eigenvalue weighted by Gasteiger charge is 2.35. The van der Waals surface area contributed by atoms with Crippen LogP contribution in [0, 0.1) is 5.92 Å². The van der Waals surface area contributed by atoms with Crippen molar-refractivity contribution in [2.24, 2.45) is 5.92 Å². The molecule has 0 aromatic heterocycles. The summed E-state index contributed by atoms with van der Waals surface area (Å²) < 4.78 is 14.6. The highest BCUT2D eigenvalue weighted by molar-refractivity contribution is 6.21. The van der Waals surface area contributed by atoms with Gasteiger partial charge < -0.3 is 14.2 Å². The Kier molecular flexibility index (Phi) is 7.25. The van der Waals surface area contributed by atoms with Gasteiger partial charge >= 0.3 is 17.9 Å². The fraction of sp³-hybridized carbons (Fsp3) is 0.421. The molecule has 1 aliphatic rings. The fourth-order valence-electron chi connectivity index (χ4n) is 2.31. The predicted molar refractivity (Wildman–Crippen MR) is 93.9 cm³/mol. The molecule has 1 aromatic rings. The van der Waals surface area contributed by atoms with Gasteiger partial charge in [0.15, 0.2) is 6.73 Å². The van der Waals surface area contributed by atoms with E-state index in [-0.39, 0.29) is 43.1 Å². The highest BCUT2D eigenvalue weighted by atomic mass is 16.6. The molecule has 0 atom stereocenters. The molecule has 0 aliphatic carbocycles. The first-order chi connectivity index (χ1) is 13.3. The summed E-state index contributed by atoms with van der Waals surface area (Å²) in [7, 11) is 0. The zero-order valence-corrected chi connectivity index (χ0v) is 15.6. The number of ether oxygens (including phenoxy) is 3. The van der Waals surface area contributed by atoms with Crippen LogP contribution in [0.4, 0.5) is 0 Å². The number of carbonyl (C=O) groups excluding carboxylic acids is 5. The molecule has 150 valence electrons. The molecule has 1 aromatic carbocycles. The predicted octanol–water partition coefficient (Wildman–Crippen LogP) is 1.31. The highest BCUT2D eigenvalue weighted by Crippen LogP contribution is 2.22.